The molecule has 1 amide bonds. The Morgan fingerprint density at radius 1 is 1.42 bits per heavy atom. The van der Waals surface area contributed by atoms with E-state index in [1.807, 2.05) is 14.1 Å². The lowest BCUT2D eigenvalue weighted by Gasteiger charge is -2.22. The molecule has 1 aliphatic rings. The van der Waals surface area contributed by atoms with Crippen LogP contribution in [0, 0.1) is 5.82 Å². The Kier molecular flexibility index (Phi) is 6.99. The maximum atomic E-state index is 14.0. The molecular weight excluding hydrogens is 309 g/mol. The van der Waals surface area contributed by atoms with Crippen LogP contribution in [0.5, 0.6) is 0 Å². The van der Waals surface area contributed by atoms with E-state index in [1.165, 1.54) is 12.1 Å². The summed E-state index contributed by atoms with van der Waals surface area (Å²) < 4.78 is 14.0. The fourth-order valence-electron chi connectivity index (χ4n) is 3.10. The van der Waals surface area contributed by atoms with Gasteiger partial charge < -0.3 is 15.3 Å². The number of halogens is 1. The summed E-state index contributed by atoms with van der Waals surface area (Å²) in [6, 6.07) is 4.93. The van der Waals surface area contributed by atoms with E-state index in [2.05, 4.69) is 10.2 Å². The number of likely N-dealkylation sites (tertiary alicyclic amines) is 1. The number of unbranched alkanes of at least 4 members (excludes halogenated alkanes) is 1. The number of hydrogen-bond acceptors (Lipinski definition) is 4. The monoisotopic (exact) mass is 337 g/mol. The number of amides is 1. The zero-order chi connectivity index (χ0) is 17.5. The normalized spacial score (nSPS) is 17.9. The van der Waals surface area contributed by atoms with Crippen molar-refractivity contribution in [2.75, 3.05) is 45.2 Å². The summed E-state index contributed by atoms with van der Waals surface area (Å²) in [6.07, 6.45) is 4.01. The van der Waals surface area contributed by atoms with Gasteiger partial charge >= 0.3 is 0 Å². The standard InChI is InChI=1S/C18H28FN3O2/c1-21(2)14-7-8-16(17(19)12-14)18(24)20-9-3-4-10-22-11-5-6-15(22)13-23/h7-8,12,15,23H,3-6,9-11,13H2,1-2H3,(H,20,24). The topological polar surface area (TPSA) is 55.8 Å². The van der Waals surface area contributed by atoms with Crippen molar-refractivity contribution >= 4 is 11.6 Å². The summed E-state index contributed by atoms with van der Waals surface area (Å²) in [5.41, 5.74) is 0.814. The highest BCUT2D eigenvalue weighted by atomic mass is 19.1. The molecule has 0 saturated carbocycles. The van der Waals surface area contributed by atoms with Crippen molar-refractivity contribution in [1.29, 1.82) is 0 Å². The fraction of sp³-hybridized carbons (Fsp3) is 0.611. The smallest absolute Gasteiger partial charge is 0.254 e. The molecule has 0 bridgehead atoms. The molecule has 1 aromatic carbocycles. The number of aliphatic hydroxyl groups is 1. The number of nitrogens with zero attached hydrogens (tertiary/aromatic N) is 2. The maximum Gasteiger partial charge on any atom is 0.254 e. The first-order valence-electron chi connectivity index (χ1n) is 8.63. The number of hydrogen-bond donors (Lipinski definition) is 2. The van der Waals surface area contributed by atoms with Gasteiger partial charge in [-0.15, -0.1) is 0 Å². The summed E-state index contributed by atoms with van der Waals surface area (Å²) in [5, 5.41) is 12.1. The van der Waals surface area contributed by atoms with Gasteiger partial charge in [-0.3, -0.25) is 9.69 Å². The predicted molar refractivity (Wildman–Crippen MR) is 94.0 cm³/mol. The highest BCUT2D eigenvalue weighted by Crippen LogP contribution is 2.18. The average Bonchev–Trinajstić information content (AvgIpc) is 3.01. The number of aliphatic hydroxyl groups excluding tert-OH is 1. The van der Waals surface area contributed by atoms with Crippen molar-refractivity contribution in [3.63, 3.8) is 0 Å². The minimum atomic E-state index is -0.499. The molecule has 1 atom stereocenters. The van der Waals surface area contributed by atoms with E-state index >= 15 is 0 Å². The molecule has 0 radical (unpaired) electrons. The van der Waals surface area contributed by atoms with Crippen LogP contribution in [0.1, 0.15) is 36.0 Å². The number of benzene rings is 1. The minimum absolute atomic E-state index is 0.0838. The van der Waals surface area contributed by atoms with Crippen LogP contribution in [-0.4, -0.2) is 62.3 Å². The Hall–Kier alpha value is -1.66. The first-order chi connectivity index (χ1) is 11.5. The summed E-state index contributed by atoms with van der Waals surface area (Å²) in [5.74, 6) is -0.867. The lowest BCUT2D eigenvalue weighted by atomic mass is 10.1. The molecule has 2 N–H and O–H groups in total. The number of rotatable bonds is 8. The molecule has 1 saturated heterocycles. The van der Waals surface area contributed by atoms with Crippen LogP contribution >= 0.6 is 0 Å². The van der Waals surface area contributed by atoms with E-state index in [-0.39, 0.29) is 18.1 Å². The maximum absolute atomic E-state index is 14.0. The van der Waals surface area contributed by atoms with Gasteiger partial charge in [-0.2, -0.15) is 0 Å². The molecule has 2 rings (SSSR count). The van der Waals surface area contributed by atoms with Crippen LogP contribution < -0.4 is 10.2 Å². The van der Waals surface area contributed by atoms with Crippen molar-refractivity contribution in [2.45, 2.75) is 31.7 Å². The zero-order valence-corrected chi connectivity index (χ0v) is 14.6. The van der Waals surface area contributed by atoms with Crippen LogP contribution in [-0.2, 0) is 0 Å². The lowest BCUT2D eigenvalue weighted by molar-refractivity contribution is 0.0948. The number of anilines is 1. The Bertz CT molecular complexity index is 551. The molecule has 134 valence electrons. The first kappa shape index (κ1) is 18.7. The van der Waals surface area contributed by atoms with Gasteiger partial charge in [0.25, 0.3) is 5.91 Å². The van der Waals surface area contributed by atoms with Gasteiger partial charge in [0.1, 0.15) is 5.82 Å². The molecular formula is C18H28FN3O2. The van der Waals surface area contributed by atoms with Gasteiger partial charge in [0.05, 0.1) is 12.2 Å². The van der Waals surface area contributed by atoms with Crippen LogP contribution in [0.4, 0.5) is 10.1 Å². The molecule has 0 aromatic heterocycles. The third-order valence-corrected chi connectivity index (χ3v) is 4.58. The Morgan fingerprint density at radius 3 is 2.88 bits per heavy atom. The molecule has 1 heterocycles. The van der Waals surface area contributed by atoms with Gasteiger partial charge in [0, 0.05) is 32.4 Å². The second-order valence-electron chi connectivity index (χ2n) is 6.54. The predicted octanol–water partition coefficient (Wildman–Crippen LogP) is 1.86. The van der Waals surface area contributed by atoms with E-state index in [0.29, 0.717) is 12.6 Å². The molecule has 24 heavy (non-hydrogen) atoms. The third-order valence-electron chi connectivity index (χ3n) is 4.58. The molecule has 1 unspecified atom stereocenters. The Morgan fingerprint density at radius 2 is 2.21 bits per heavy atom. The van der Waals surface area contributed by atoms with Crippen LogP contribution in [0.25, 0.3) is 0 Å². The second kappa shape index (κ2) is 8.99. The summed E-state index contributed by atoms with van der Waals surface area (Å²) in [7, 11) is 3.66. The summed E-state index contributed by atoms with van der Waals surface area (Å²) >= 11 is 0. The first-order valence-corrected chi connectivity index (χ1v) is 8.63. The minimum Gasteiger partial charge on any atom is -0.395 e. The second-order valence-corrected chi connectivity index (χ2v) is 6.54. The van der Waals surface area contributed by atoms with Crippen LogP contribution in [0.3, 0.4) is 0 Å². The molecule has 1 aromatic rings. The molecule has 0 aliphatic carbocycles. The van der Waals surface area contributed by atoms with Crippen molar-refractivity contribution in [1.82, 2.24) is 10.2 Å². The molecule has 1 fully saturated rings. The highest BCUT2D eigenvalue weighted by Gasteiger charge is 2.22. The van der Waals surface area contributed by atoms with E-state index in [1.54, 1.807) is 11.0 Å². The van der Waals surface area contributed by atoms with Crippen molar-refractivity contribution in [3.8, 4) is 0 Å². The van der Waals surface area contributed by atoms with Crippen LogP contribution in [0.2, 0.25) is 0 Å². The van der Waals surface area contributed by atoms with E-state index < -0.39 is 5.82 Å². The quantitative estimate of drug-likeness (QED) is 0.711. The van der Waals surface area contributed by atoms with Crippen molar-refractivity contribution in [2.24, 2.45) is 0 Å². The summed E-state index contributed by atoms with van der Waals surface area (Å²) in [4.78, 5) is 16.2. The summed E-state index contributed by atoms with van der Waals surface area (Å²) in [6.45, 7) is 2.73. The van der Waals surface area contributed by atoms with E-state index in [0.717, 1.165) is 44.5 Å². The van der Waals surface area contributed by atoms with Crippen molar-refractivity contribution in [3.05, 3.63) is 29.6 Å². The molecule has 6 heteroatoms. The van der Waals surface area contributed by atoms with E-state index in [4.69, 9.17) is 0 Å². The number of nitrogens with one attached hydrogen (secondary N) is 1. The molecule has 5 nitrogen and oxygen atoms in total. The largest absolute Gasteiger partial charge is 0.395 e. The van der Waals surface area contributed by atoms with Crippen LogP contribution in [0.15, 0.2) is 18.2 Å². The molecule has 0 spiro atoms. The number of carbonyl (C=O) groups excluding carboxylic acids is 1. The lowest BCUT2D eigenvalue weighted by Crippen LogP contribution is -2.33. The van der Waals surface area contributed by atoms with Gasteiger partial charge in [0.2, 0.25) is 0 Å². The van der Waals surface area contributed by atoms with Crippen molar-refractivity contribution < 1.29 is 14.3 Å². The Labute approximate surface area is 143 Å². The average molecular weight is 337 g/mol. The fourth-order valence-corrected chi connectivity index (χ4v) is 3.10. The van der Waals surface area contributed by atoms with Gasteiger partial charge in [0.15, 0.2) is 0 Å². The zero-order valence-electron chi connectivity index (χ0n) is 14.6. The van der Waals surface area contributed by atoms with Gasteiger partial charge in [-0.25, -0.2) is 4.39 Å². The highest BCUT2D eigenvalue weighted by molar-refractivity contribution is 5.94. The Balaban J connectivity index is 1.71. The van der Waals surface area contributed by atoms with Gasteiger partial charge in [-0.1, -0.05) is 0 Å². The third kappa shape index (κ3) is 4.92. The van der Waals surface area contributed by atoms with Gasteiger partial charge in [-0.05, 0) is 57.0 Å². The molecule has 1 aliphatic heterocycles. The number of carbonyl (C=O) groups is 1. The SMILES string of the molecule is CN(C)c1ccc(C(=O)NCCCCN2CCCC2CO)c(F)c1. The van der Waals surface area contributed by atoms with E-state index in [9.17, 15) is 14.3 Å².